The molecule has 0 aromatic rings. The molecular formula is C8H12O2. The molecule has 0 bridgehead atoms. The lowest BCUT2D eigenvalue weighted by Gasteiger charge is -2.01. The van der Waals surface area contributed by atoms with E-state index in [-0.39, 0.29) is 0 Å². The van der Waals surface area contributed by atoms with Gasteiger partial charge in [-0.1, -0.05) is 0 Å². The molecule has 10 heavy (non-hydrogen) atoms. The minimum Gasteiger partial charge on any atom is -0.381 e. The SMILES string of the molecule is O=CCC1CC12CCOC2. The second-order valence-corrected chi connectivity index (χ2v) is 3.47. The quantitative estimate of drug-likeness (QED) is 0.535. The van der Waals surface area contributed by atoms with Crippen molar-refractivity contribution in [3.05, 3.63) is 0 Å². The fourth-order valence-corrected chi connectivity index (χ4v) is 1.99. The summed E-state index contributed by atoms with van der Waals surface area (Å²) in [5, 5.41) is 0. The lowest BCUT2D eigenvalue weighted by Crippen LogP contribution is -2.02. The molecule has 0 N–H and O–H groups in total. The van der Waals surface area contributed by atoms with Crippen LogP contribution in [-0.2, 0) is 9.53 Å². The Hall–Kier alpha value is -0.370. The average Bonchev–Trinajstić information content (AvgIpc) is 2.43. The van der Waals surface area contributed by atoms with Crippen molar-refractivity contribution >= 4 is 6.29 Å². The molecule has 1 saturated heterocycles. The topological polar surface area (TPSA) is 26.3 Å². The molecule has 0 aromatic carbocycles. The standard InChI is InChI=1S/C8H12O2/c9-3-1-7-5-8(7)2-4-10-6-8/h3,7H,1-2,4-6H2. The smallest absolute Gasteiger partial charge is 0.120 e. The number of hydrogen-bond acceptors (Lipinski definition) is 2. The van der Waals surface area contributed by atoms with Gasteiger partial charge >= 0.3 is 0 Å². The summed E-state index contributed by atoms with van der Waals surface area (Å²) in [5.74, 6) is 0.660. The Morgan fingerprint density at radius 2 is 2.60 bits per heavy atom. The lowest BCUT2D eigenvalue weighted by atomic mass is 10.0. The number of hydrogen-bond donors (Lipinski definition) is 0. The van der Waals surface area contributed by atoms with Gasteiger partial charge in [-0.3, -0.25) is 0 Å². The van der Waals surface area contributed by atoms with E-state index in [1.54, 1.807) is 0 Å². The number of ether oxygens (including phenoxy) is 1. The van der Waals surface area contributed by atoms with Crippen LogP contribution in [0.4, 0.5) is 0 Å². The monoisotopic (exact) mass is 140 g/mol. The summed E-state index contributed by atoms with van der Waals surface area (Å²) in [5.41, 5.74) is 0.459. The van der Waals surface area contributed by atoms with Crippen molar-refractivity contribution in [2.24, 2.45) is 11.3 Å². The predicted molar refractivity (Wildman–Crippen MR) is 36.7 cm³/mol. The number of carbonyl (C=O) groups excluding carboxylic acids is 1. The zero-order chi connectivity index (χ0) is 7.03. The van der Waals surface area contributed by atoms with Gasteiger partial charge in [-0.25, -0.2) is 0 Å². The van der Waals surface area contributed by atoms with Gasteiger partial charge in [0.2, 0.25) is 0 Å². The molecule has 2 heteroatoms. The van der Waals surface area contributed by atoms with Crippen molar-refractivity contribution in [3.63, 3.8) is 0 Å². The van der Waals surface area contributed by atoms with E-state index >= 15 is 0 Å². The average molecular weight is 140 g/mol. The van der Waals surface area contributed by atoms with Gasteiger partial charge in [0.05, 0.1) is 6.61 Å². The first kappa shape index (κ1) is 6.35. The van der Waals surface area contributed by atoms with Gasteiger partial charge in [-0.2, -0.15) is 0 Å². The number of aldehydes is 1. The van der Waals surface area contributed by atoms with E-state index < -0.39 is 0 Å². The van der Waals surface area contributed by atoms with E-state index in [0.717, 1.165) is 25.9 Å². The van der Waals surface area contributed by atoms with Gasteiger partial charge < -0.3 is 9.53 Å². The largest absolute Gasteiger partial charge is 0.381 e. The van der Waals surface area contributed by atoms with Crippen molar-refractivity contribution in [1.29, 1.82) is 0 Å². The van der Waals surface area contributed by atoms with Gasteiger partial charge in [-0.15, -0.1) is 0 Å². The predicted octanol–water partition coefficient (Wildman–Crippen LogP) is 1.00. The normalized spacial score (nSPS) is 44.2. The van der Waals surface area contributed by atoms with E-state index in [9.17, 15) is 4.79 Å². The van der Waals surface area contributed by atoms with Crippen LogP contribution >= 0.6 is 0 Å². The molecule has 1 aliphatic carbocycles. The van der Waals surface area contributed by atoms with Gasteiger partial charge in [-0.05, 0) is 24.2 Å². The van der Waals surface area contributed by atoms with Crippen LogP contribution in [0.2, 0.25) is 0 Å². The minimum absolute atomic E-state index is 0.459. The summed E-state index contributed by atoms with van der Waals surface area (Å²) in [6, 6.07) is 0. The highest BCUT2D eigenvalue weighted by Gasteiger charge is 2.55. The van der Waals surface area contributed by atoms with Gasteiger partial charge in [0.15, 0.2) is 0 Å². The zero-order valence-corrected chi connectivity index (χ0v) is 6.01. The molecule has 0 radical (unpaired) electrons. The Bertz CT molecular complexity index is 147. The third kappa shape index (κ3) is 0.788. The molecule has 2 nitrogen and oxygen atoms in total. The summed E-state index contributed by atoms with van der Waals surface area (Å²) < 4.78 is 5.28. The van der Waals surface area contributed by atoms with Crippen molar-refractivity contribution < 1.29 is 9.53 Å². The number of carbonyl (C=O) groups is 1. The molecule has 2 rings (SSSR count). The minimum atomic E-state index is 0.459. The highest BCUT2D eigenvalue weighted by molar-refractivity contribution is 5.51. The molecule has 1 heterocycles. The van der Waals surface area contributed by atoms with Gasteiger partial charge in [0.1, 0.15) is 6.29 Å². The number of rotatable bonds is 2. The molecule has 0 amide bonds. The second kappa shape index (κ2) is 2.06. The van der Waals surface area contributed by atoms with Crippen molar-refractivity contribution in [2.45, 2.75) is 19.3 Å². The van der Waals surface area contributed by atoms with E-state index in [1.165, 1.54) is 12.8 Å². The maximum absolute atomic E-state index is 10.2. The first-order valence-corrected chi connectivity index (χ1v) is 3.89. The Kier molecular flexibility index (Phi) is 1.31. The van der Waals surface area contributed by atoms with Crippen LogP contribution in [0.15, 0.2) is 0 Å². The molecular weight excluding hydrogens is 128 g/mol. The van der Waals surface area contributed by atoms with Crippen molar-refractivity contribution in [3.8, 4) is 0 Å². The summed E-state index contributed by atoms with van der Waals surface area (Å²) >= 11 is 0. The van der Waals surface area contributed by atoms with E-state index in [1.807, 2.05) is 0 Å². The molecule has 56 valence electrons. The van der Waals surface area contributed by atoms with Crippen LogP contribution in [0.3, 0.4) is 0 Å². The summed E-state index contributed by atoms with van der Waals surface area (Å²) in [6.07, 6.45) is 4.21. The fourth-order valence-electron chi connectivity index (χ4n) is 1.99. The summed E-state index contributed by atoms with van der Waals surface area (Å²) in [4.78, 5) is 10.2. The molecule has 1 saturated carbocycles. The Morgan fingerprint density at radius 3 is 3.20 bits per heavy atom. The summed E-state index contributed by atoms with van der Waals surface area (Å²) in [6.45, 7) is 1.82. The van der Waals surface area contributed by atoms with E-state index in [0.29, 0.717) is 11.3 Å². The highest BCUT2D eigenvalue weighted by atomic mass is 16.5. The van der Waals surface area contributed by atoms with Crippen LogP contribution in [-0.4, -0.2) is 19.5 Å². The molecule has 1 aliphatic heterocycles. The lowest BCUT2D eigenvalue weighted by molar-refractivity contribution is -0.108. The fraction of sp³-hybridized carbons (Fsp3) is 0.875. The van der Waals surface area contributed by atoms with Crippen LogP contribution < -0.4 is 0 Å². The molecule has 0 aromatic heterocycles. The first-order valence-electron chi connectivity index (χ1n) is 3.89. The third-order valence-corrected chi connectivity index (χ3v) is 2.87. The zero-order valence-electron chi connectivity index (χ0n) is 6.01. The van der Waals surface area contributed by atoms with Crippen LogP contribution in [0.1, 0.15) is 19.3 Å². The first-order chi connectivity index (χ1) is 4.87. The van der Waals surface area contributed by atoms with Crippen molar-refractivity contribution in [1.82, 2.24) is 0 Å². The highest BCUT2D eigenvalue weighted by Crippen LogP contribution is 2.59. The Morgan fingerprint density at radius 1 is 1.70 bits per heavy atom. The maximum atomic E-state index is 10.2. The van der Waals surface area contributed by atoms with Gasteiger partial charge in [0.25, 0.3) is 0 Å². The molecule has 2 aliphatic rings. The van der Waals surface area contributed by atoms with Crippen molar-refractivity contribution in [2.75, 3.05) is 13.2 Å². The summed E-state index contributed by atoms with van der Waals surface area (Å²) in [7, 11) is 0. The maximum Gasteiger partial charge on any atom is 0.120 e. The van der Waals surface area contributed by atoms with E-state index in [2.05, 4.69) is 0 Å². The molecule has 1 spiro atoms. The Balaban J connectivity index is 1.91. The second-order valence-electron chi connectivity index (χ2n) is 3.47. The molecule has 2 fully saturated rings. The van der Waals surface area contributed by atoms with Crippen LogP contribution in [0, 0.1) is 11.3 Å². The molecule has 2 unspecified atom stereocenters. The third-order valence-electron chi connectivity index (χ3n) is 2.87. The molecule has 2 atom stereocenters. The van der Waals surface area contributed by atoms with Gasteiger partial charge in [0, 0.05) is 13.0 Å². The van der Waals surface area contributed by atoms with Crippen LogP contribution in [0.5, 0.6) is 0 Å². The van der Waals surface area contributed by atoms with E-state index in [4.69, 9.17) is 4.74 Å². The Labute approximate surface area is 60.6 Å². The van der Waals surface area contributed by atoms with Crippen LogP contribution in [0.25, 0.3) is 0 Å².